The fourth-order valence-corrected chi connectivity index (χ4v) is 3.33. The maximum atomic E-state index is 12.6. The number of halogens is 4. The second-order valence-electron chi connectivity index (χ2n) is 4.64. The van der Waals surface area contributed by atoms with E-state index in [9.17, 15) is 13.2 Å². The first-order chi connectivity index (χ1) is 9.21. The molecule has 1 nitrogen and oxygen atoms in total. The Morgan fingerprint density at radius 3 is 2.30 bits per heavy atom. The van der Waals surface area contributed by atoms with Crippen LogP contribution in [-0.2, 0) is 6.18 Å². The predicted molar refractivity (Wildman–Crippen MR) is 76.3 cm³/mol. The van der Waals surface area contributed by atoms with Gasteiger partial charge in [-0.1, -0.05) is 17.7 Å². The number of nitrogens with two attached hydrogens (primary N) is 1. The lowest BCUT2D eigenvalue weighted by molar-refractivity contribution is -0.137. The van der Waals surface area contributed by atoms with Crippen molar-refractivity contribution in [1.29, 1.82) is 0 Å². The van der Waals surface area contributed by atoms with E-state index in [1.54, 1.807) is 6.92 Å². The number of hydrogen-bond donors (Lipinski definition) is 1. The Labute approximate surface area is 124 Å². The maximum Gasteiger partial charge on any atom is 0.416 e. The Balaban J connectivity index is 2.41. The first kappa shape index (κ1) is 15.4. The van der Waals surface area contributed by atoms with Gasteiger partial charge in [-0.3, -0.25) is 0 Å². The minimum absolute atomic E-state index is 0.509. The van der Waals surface area contributed by atoms with Crippen LogP contribution in [0, 0.1) is 13.8 Å². The van der Waals surface area contributed by atoms with Gasteiger partial charge in [-0.05, 0) is 48.1 Å². The largest absolute Gasteiger partial charge is 0.416 e. The summed E-state index contributed by atoms with van der Waals surface area (Å²) in [6.45, 7) is 3.49. The van der Waals surface area contributed by atoms with Gasteiger partial charge in [0.1, 0.15) is 0 Å². The number of alkyl halides is 3. The molecule has 1 aromatic heterocycles. The fraction of sp³-hybridized carbons (Fsp3) is 0.286. The van der Waals surface area contributed by atoms with Gasteiger partial charge in [0.15, 0.2) is 0 Å². The third-order valence-electron chi connectivity index (χ3n) is 3.14. The Bertz CT molecular complexity index is 634. The van der Waals surface area contributed by atoms with Crippen LogP contribution in [0.25, 0.3) is 0 Å². The third-order valence-corrected chi connectivity index (χ3v) is 4.94. The highest BCUT2D eigenvalue weighted by atomic mass is 35.5. The van der Waals surface area contributed by atoms with Crippen molar-refractivity contribution in [2.24, 2.45) is 5.73 Å². The second-order valence-corrected chi connectivity index (χ2v) is 5.93. The van der Waals surface area contributed by atoms with Crippen molar-refractivity contribution in [2.75, 3.05) is 0 Å². The number of benzene rings is 1. The molecule has 0 radical (unpaired) electrons. The molecule has 0 spiro atoms. The SMILES string of the molecule is Cc1cc(C(F)(F)F)ccc1C(N)c1scc(C)c1Cl. The summed E-state index contributed by atoms with van der Waals surface area (Å²) in [5.41, 5.74) is 7.55. The van der Waals surface area contributed by atoms with Crippen LogP contribution in [0.1, 0.15) is 33.2 Å². The van der Waals surface area contributed by atoms with Crippen molar-refractivity contribution in [3.63, 3.8) is 0 Å². The summed E-state index contributed by atoms with van der Waals surface area (Å²) in [5, 5.41) is 2.47. The molecule has 0 amide bonds. The predicted octanol–water partition coefficient (Wildman–Crippen LogP) is 5.09. The number of thiophene rings is 1. The quantitative estimate of drug-likeness (QED) is 0.820. The van der Waals surface area contributed by atoms with Crippen LogP contribution >= 0.6 is 22.9 Å². The molecule has 0 saturated heterocycles. The van der Waals surface area contributed by atoms with Gasteiger partial charge in [0.2, 0.25) is 0 Å². The molecule has 0 fully saturated rings. The summed E-state index contributed by atoms with van der Waals surface area (Å²) in [4.78, 5) is 0.770. The van der Waals surface area contributed by atoms with Gasteiger partial charge in [0.05, 0.1) is 16.6 Å². The third kappa shape index (κ3) is 2.85. The monoisotopic (exact) mass is 319 g/mol. The van der Waals surface area contributed by atoms with E-state index in [-0.39, 0.29) is 0 Å². The van der Waals surface area contributed by atoms with Gasteiger partial charge in [0, 0.05) is 4.88 Å². The molecule has 0 aliphatic heterocycles. The van der Waals surface area contributed by atoms with Crippen LogP contribution in [0.3, 0.4) is 0 Å². The van der Waals surface area contributed by atoms with Gasteiger partial charge in [-0.2, -0.15) is 13.2 Å². The molecule has 6 heteroatoms. The number of aryl methyl sites for hydroxylation is 2. The lowest BCUT2D eigenvalue weighted by atomic mass is 9.98. The molecule has 1 unspecified atom stereocenters. The molecule has 2 rings (SSSR count). The average Bonchev–Trinajstić information content (AvgIpc) is 2.68. The molecular formula is C14H13ClF3NS. The van der Waals surface area contributed by atoms with E-state index in [0.717, 1.165) is 22.6 Å². The molecule has 0 aliphatic rings. The van der Waals surface area contributed by atoms with Crippen LogP contribution in [0.2, 0.25) is 5.02 Å². The van der Waals surface area contributed by atoms with Gasteiger partial charge in [0.25, 0.3) is 0 Å². The van der Waals surface area contributed by atoms with Crippen LogP contribution in [0.4, 0.5) is 13.2 Å². The van der Waals surface area contributed by atoms with Gasteiger partial charge in [-0.15, -0.1) is 11.3 Å². The molecule has 2 aromatic rings. The summed E-state index contributed by atoms with van der Waals surface area (Å²) in [5.74, 6) is 0. The Morgan fingerprint density at radius 1 is 1.20 bits per heavy atom. The standard InChI is InChI=1S/C14H13ClF3NS/c1-7-5-9(14(16,17)18)3-4-10(7)12(19)13-11(15)8(2)6-20-13/h3-6,12H,19H2,1-2H3. The van der Waals surface area contributed by atoms with E-state index >= 15 is 0 Å². The van der Waals surface area contributed by atoms with Crippen molar-refractivity contribution in [1.82, 2.24) is 0 Å². The maximum absolute atomic E-state index is 12.6. The Hall–Kier alpha value is -1.04. The highest BCUT2D eigenvalue weighted by Gasteiger charge is 2.31. The van der Waals surface area contributed by atoms with Crippen LogP contribution in [0.5, 0.6) is 0 Å². The zero-order valence-corrected chi connectivity index (χ0v) is 12.5. The summed E-state index contributed by atoms with van der Waals surface area (Å²) < 4.78 is 37.9. The average molecular weight is 320 g/mol. The minimum atomic E-state index is -4.34. The lowest BCUT2D eigenvalue weighted by Gasteiger charge is -2.16. The van der Waals surface area contributed by atoms with E-state index < -0.39 is 17.8 Å². The molecule has 1 heterocycles. The molecule has 2 N–H and O–H groups in total. The second kappa shape index (κ2) is 5.39. The highest BCUT2D eigenvalue weighted by Crippen LogP contribution is 2.37. The van der Waals surface area contributed by atoms with E-state index in [2.05, 4.69) is 0 Å². The fourth-order valence-electron chi connectivity index (χ4n) is 2.00. The van der Waals surface area contributed by atoms with E-state index in [0.29, 0.717) is 16.1 Å². The molecule has 20 heavy (non-hydrogen) atoms. The topological polar surface area (TPSA) is 26.0 Å². The van der Waals surface area contributed by atoms with Crippen LogP contribution in [0.15, 0.2) is 23.6 Å². The molecular weight excluding hydrogens is 307 g/mol. The van der Waals surface area contributed by atoms with Crippen molar-refractivity contribution >= 4 is 22.9 Å². The van der Waals surface area contributed by atoms with E-state index in [1.165, 1.54) is 17.4 Å². The summed E-state index contributed by atoms with van der Waals surface area (Å²) >= 11 is 7.58. The van der Waals surface area contributed by atoms with Crippen LogP contribution in [-0.4, -0.2) is 0 Å². The van der Waals surface area contributed by atoms with Gasteiger partial charge < -0.3 is 5.73 Å². The Kier molecular flexibility index (Phi) is 4.14. The summed E-state index contributed by atoms with van der Waals surface area (Å²) in [6.07, 6.45) is -4.34. The molecule has 0 bridgehead atoms. The molecule has 0 saturated carbocycles. The molecule has 1 aromatic carbocycles. The first-order valence-corrected chi connectivity index (χ1v) is 7.14. The molecule has 0 aliphatic carbocycles. The van der Waals surface area contributed by atoms with Crippen molar-refractivity contribution in [3.8, 4) is 0 Å². The zero-order chi connectivity index (χ0) is 15.1. The van der Waals surface area contributed by atoms with Gasteiger partial charge >= 0.3 is 6.18 Å². The highest BCUT2D eigenvalue weighted by molar-refractivity contribution is 7.10. The van der Waals surface area contributed by atoms with E-state index in [4.69, 9.17) is 17.3 Å². The zero-order valence-electron chi connectivity index (χ0n) is 10.9. The lowest BCUT2D eigenvalue weighted by Crippen LogP contribution is -2.14. The smallest absolute Gasteiger partial charge is 0.320 e. The normalized spacial score (nSPS) is 13.6. The number of rotatable bonds is 2. The van der Waals surface area contributed by atoms with Crippen molar-refractivity contribution < 1.29 is 13.2 Å². The molecule has 1 atom stereocenters. The number of hydrogen-bond acceptors (Lipinski definition) is 2. The molecule has 108 valence electrons. The van der Waals surface area contributed by atoms with Gasteiger partial charge in [-0.25, -0.2) is 0 Å². The Morgan fingerprint density at radius 2 is 1.85 bits per heavy atom. The van der Waals surface area contributed by atoms with Crippen molar-refractivity contribution in [3.05, 3.63) is 55.7 Å². The minimum Gasteiger partial charge on any atom is -0.320 e. The summed E-state index contributed by atoms with van der Waals surface area (Å²) in [7, 11) is 0. The van der Waals surface area contributed by atoms with E-state index in [1.807, 2.05) is 12.3 Å². The summed E-state index contributed by atoms with van der Waals surface area (Å²) in [6, 6.07) is 3.08. The van der Waals surface area contributed by atoms with Crippen molar-refractivity contribution in [2.45, 2.75) is 26.1 Å². The van der Waals surface area contributed by atoms with Crippen LogP contribution < -0.4 is 5.73 Å². The first-order valence-electron chi connectivity index (χ1n) is 5.88.